The smallest absolute Gasteiger partial charge is 0.373 e. The number of carbonyl (C=O) groups is 1. The van der Waals surface area contributed by atoms with Crippen LogP contribution in [0.1, 0.15) is 22.7 Å². The number of methoxy groups -OCH3 is 1. The number of halogens is 1. The Hall–Kier alpha value is -1.09. The van der Waals surface area contributed by atoms with E-state index in [1.807, 2.05) is 0 Å². The number of nitrogens with one attached hydrogen (secondary N) is 2. The molecule has 0 radical (unpaired) electrons. The zero-order chi connectivity index (χ0) is 14.0. The van der Waals surface area contributed by atoms with Gasteiger partial charge in [-0.1, -0.05) is 0 Å². The predicted octanol–water partition coefficient (Wildman–Crippen LogP) is 0.437. The van der Waals surface area contributed by atoms with Crippen molar-refractivity contribution in [2.24, 2.45) is 0 Å². The molecular weight excluding hydrogens is 308 g/mol. The van der Waals surface area contributed by atoms with Gasteiger partial charge in [-0.3, -0.25) is 0 Å². The lowest BCUT2D eigenvalue weighted by Gasteiger charge is -2.10. The number of carbonyl (C=O) groups excluding carboxylic acids is 1. The number of aryl methyl sites for hydroxylation is 1. The summed E-state index contributed by atoms with van der Waals surface area (Å²) in [6, 6.07) is 1.05. The molecule has 1 unspecified atom stereocenters. The number of hydrogen-bond donors (Lipinski definition) is 2. The molecule has 2 heterocycles. The Labute approximate surface area is 123 Å². The fraction of sp³-hybridized carbons (Fsp3) is 0.545. The average molecular weight is 325 g/mol. The van der Waals surface area contributed by atoms with Gasteiger partial charge >= 0.3 is 5.97 Å². The van der Waals surface area contributed by atoms with E-state index in [1.165, 1.54) is 20.1 Å². The summed E-state index contributed by atoms with van der Waals surface area (Å²) < 4.78 is 36.5. The van der Waals surface area contributed by atoms with Gasteiger partial charge in [0.1, 0.15) is 10.7 Å². The molecule has 0 amide bonds. The van der Waals surface area contributed by atoms with Crippen LogP contribution in [0.2, 0.25) is 0 Å². The van der Waals surface area contributed by atoms with Gasteiger partial charge in [-0.05, 0) is 19.9 Å². The van der Waals surface area contributed by atoms with Crippen molar-refractivity contribution in [2.75, 3.05) is 20.2 Å². The summed E-state index contributed by atoms with van der Waals surface area (Å²) in [5, 5.41) is 3.07. The van der Waals surface area contributed by atoms with Gasteiger partial charge in [-0.2, -0.15) is 0 Å². The van der Waals surface area contributed by atoms with Gasteiger partial charge in [-0.15, -0.1) is 12.4 Å². The third-order valence-electron chi connectivity index (χ3n) is 2.93. The minimum atomic E-state index is -3.69. The highest BCUT2D eigenvalue weighted by molar-refractivity contribution is 7.89. The average Bonchev–Trinajstić information content (AvgIpc) is 2.97. The molecule has 0 aromatic carbocycles. The van der Waals surface area contributed by atoms with E-state index in [0.29, 0.717) is 6.54 Å². The molecule has 20 heavy (non-hydrogen) atoms. The number of rotatable bonds is 4. The maximum absolute atomic E-state index is 12.2. The Kier molecular flexibility index (Phi) is 5.58. The second-order valence-electron chi connectivity index (χ2n) is 4.33. The molecule has 1 atom stereocenters. The van der Waals surface area contributed by atoms with E-state index in [0.717, 1.165) is 13.0 Å². The van der Waals surface area contributed by atoms with Crippen molar-refractivity contribution in [1.82, 2.24) is 10.0 Å². The SMILES string of the molecule is COC(=O)c1cc(S(=O)(=O)NC2CCNC2)c(C)o1.Cl. The molecule has 0 saturated carbocycles. The Balaban J connectivity index is 0.00000200. The molecule has 0 bridgehead atoms. The van der Waals surface area contributed by atoms with Crippen molar-refractivity contribution in [3.05, 3.63) is 17.6 Å². The predicted molar refractivity (Wildman–Crippen MR) is 73.6 cm³/mol. The molecule has 0 aliphatic carbocycles. The van der Waals surface area contributed by atoms with Gasteiger partial charge in [0, 0.05) is 18.7 Å². The molecule has 2 N–H and O–H groups in total. The molecular formula is C11H17ClN2O5S. The van der Waals surface area contributed by atoms with Crippen LogP contribution in [0.25, 0.3) is 0 Å². The van der Waals surface area contributed by atoms with Gasteiger partial charge in [0.2, 0.25) is 15.8 Å². The van der Waals surface area contributed by atoms with E-state index < -0.39 is 16.0 Å². The molecule has 1 saturated heterocycles. The monoisotopic (exact) mass is 324 g/mol. The Morgan fingerprint density at radius 2 is 2.25 bits per heavy atom. The molecule has 1 fully saturated rings. The first-order valence-corrected chi connectivity index (χ1v) is 7.34. The Morgan fingerprint density at radius 3 is 2.80 bits per heavy atom. The molecule has 1 aromatic rings. The molecule has 9 heteroatoms. The Morgan fingerprint density at radius 1 is 1.55 bits per heavy atom. The highest BCUT2D eigenvalue weighted by Crippen LogP contribution is 2.21. The van der Waals surface area contributed by atoms with E-state index in [9.17, 15) is 13.2 Å². The third-order valence-corrected chi connectivity index (χ3v) is 4.56. The van der Waals surface area contributed by atoms with Gasteiger partial charge in [0.05, 0.1) is 7.11 Å². The van der Waals surface area contributed by atoms with Crippen LogP contribution in [-0.2, 0) is 14.8 Å². The zero-order valence-corrected chi connectivity index (χ0v) is 12.8. The first-order valence-electron chi connectivity index (χ1n) is 5.86. The van der Waals surface area contributed by atoms with Crippen LogP contribution >= 0.6 is 12.4 Å². The fourth-order valence-corrected chi connectivity index (χ4v) is 3.42. The zero-order valence-electron chi connectivity index (χ0n) is 11.1. The third kappa shape index (κ3) is 3.51. The second kappa shape index (κ2) is 6.57. The van der Waals surface area contributed by atoms with Crippen molar-refractivity contribution in [2.45, 2.75) is 24.3 Å². The van der Waals surface area contributed by atoms with Crippen LogP contribution in [0, 0.1) is 6.92 Å². The summed E-state index contributed by atoms with van der Waals surface area (Å²) in [5.74, 6) is -0.657. The molecule has 2 rings (SSSR count). The molecule has 114 valence electrons. The van der Waals surface area contributed by atoms with Gasteiger partial charge in [0.25, 0.3) is 0 Å². The van der Waals surface area contributed by atoms with Crippen LogP contribution < -0.4 is 10.0 Å². The number of esters is 1. The number of furan rings is 1. The number of ether oxygens (including phenoxy) is 1. The van der Waals surface area contributed by atoms with E-state index in [1.54, 1.807) is 0 Å². The summed E-state index contributed by atoms with van der Waals surface area (Å²) in [5.41, 5.74) is 0. The maximum Gasteiger partial charge on any atom is 0.373 e. The first-order chi connectivity index (χ1) is 8.94. The number of sulfonamides is 1. The van der Waals surface area contributed by atoms with Crippen LogP contribution in [0.4, 0.5) is 0 Å². The van der Waals surface area contributed by atoms with Gasteiger partial charge in [-0.25, -0.2) is 17.9 Å². The van der Waals surface area contributed by atoms with E-state index in [4.69, 9.17) is 4.42 Å². The largest absolute Gasteiger partial charge is 0.463 e. The standard InChI is InChI=1S/C11H16N2O5S.ClH/c1-7-10(5-9(18-7)11(14)17-2)19(15,16)13-8-3-4-12-6-8;/h5,8,12-13H,3-4,6H2,1-2H3;1H. The van der Waals surface area contributed by atoms with Crippen molar-refractivity contribution in [3.8, 4) is 0 Å². The molecule has 1 aliphatic heterocycles. The van der Waals surface area contributed by atoms with Gasteiger partial charge < -0.3 is 14.5 Å². The second-order valence-corrected chi connectivity index (χ2v) is 6.02. The lowest BCUT2D eigenvalue weighted by Crippen LogP contribution is -2.36. The van der Waals surface area contributed by atoms with Crippen molar-refractivity contribution < 1.29 is 22.4 Å². The van der Waals surface area contributed by atoms with Crippen LogP contribution in [0.5, 0.6) is 0 Å². The summed E-state index contributed by atoms with van der Waals surface area (Å²) in [6.07, 6.45) is 0.736. The molecule has 7 nitrogen and oxygen atoms in total. The van der Waals surface area contributed by atoms with E-state index in [2.05, 4.69) is 14.8 Å². The highest BCUT2D eigenvalue weighted by Gasteiger charge is 2.27. The quantitative estimate of drug-likeness (QED) is 0.780. The lowest BCUT2D eigenvalue weighted by atomic mass is 10.3. The minimum absolute atomic E-state index is 0. The molecule has 1 aromatic heterocycles. The number of hydrogen-bond acceptors (Lipinski definition) is 6. The Bertz CT molecular complexity index is 578. The van der Waals surface area contributed by atoms with Crippen LogP contribution in [0.3, 0.4) is 0 Å². The summed E-state index contributed by atoms with van der Waals surface area (Å²) in [4.78, 5) is 11.3. The van der Waals surface area contributed by atoms with Crippen molar-refractivity contribution >= 4 is 28.4 Å². The van der Waals surface area contributed by atoms with E-state index >= 15 is 0 Å². The fourth-order valence-electron chi connectivity index (χ4n) is 1.97. The van der Waals surface area contributed by atoms with Gasteiger partial charge in [0.15, 0.2) is 0 Å². The summed E-state index contributed by atoms with van der Waals surface area (Å²) in [6.45, 7) is 2.87. The normalized spacial score (nSPS) is 18.6. The minimum Gasteiger partial charge on any atom is -0.463 e. The summed E-state index contributed by atoms with van der Waals surface area (Å²) >= 11 is 0. The van der Waals surface area contributed by atoms with E-state index in [-0.39, 0.29) is 34.9 Å². The molecule has 1 aliphatic rings. The van der Waals surface area contributed by atoms with Crippen LogP contribution in [0.15, 0.2) is 15.4 Å². The molecule has 0 spiro atoms. The van der Waals surface area contributed by atoms with Crippen LogP contribution in [-0.4, -0.2) is 40.6 Å². The highest BCUT2D eigenvalue weighted by atomic mass is 35.5. The maximum atomic E-state index is 12.2. The van der Waals surface area contributed by atoms with Crippen molar-refractivity contribution in [1.29, 1.82) is 0 Å². The topological polar surface area (TPSA) is 97.6 Å². The lowest BCUT2D eigenvalue weighted by molar-refractivity contribution is 0.0563. The summed E-state index contributed by atoms with van der Waals surface area (Å²) in [7, 11) is -2.48. The van der Waals surface area contributed by atoms with Crippen molar-refractivity contribution in [3.63, 3.8) is 0 Å². The first kappa shape index (κ1) is 17.0.